The van der Waals surface area contributed by atoms with E-state index in [1.54, 1.807) is 6.26 Å². The number of rotatable bonds is 2. The Balaban J connectivity index is 1.75. The summed E-state index contributed by atoms with van der Waals surface area (Å²) in [6, 6.07) is 12.0. The number of carbonyl (C=O) groups excluding carboxylic acids is 1. The summed E-state index contributed by atoms with van der Waals surface area (Å²) in [6.45, 7) is 2.01. The van der Waals surface area contributed by atoms with Gasteiger partial charge >= 0.3 is 0 Å². The Morgan fingerprint density at radius 3 is 2.78 bits per heavy atom. The van der Waals surface area contributed by atoms with Gasteiger partial charge in [-0.15, -0.1) is 0 Å². The zero-order valence-electron chi connectivity index (χ0n) is 15.1. The molecule has 2 aliphatic rings. The highest BCUT2D eigenvalue weighted by atomic mass is 127. The average molecular weight is 473 g/mol. The van der Waals surface area contributed by atoms with Crippen molar-refractivity contribution in [1.29, 1.82) is 0 Å². The molecular weight excluding hydrogens is 453 g/mol. The molecule has 0 spiro atoms. The van der Waals surface area contributed by atoms with Crippen LogP contribution in [0.15, 0.2) is 47.1 Å². The van der Waals surface area contributed by atoms with Crippen LogP contribution in [0.2, 0.25) is 0 Å². The van der Waals surface area contributed by atoms with Gasteiger partial charge in [0.25, 0.3) is 0 Å². The number of piperidine rings is 1. The molecule has 1 saturated heterocycles. The van der Waals surface area contributed by atoms with E-state index in [-0.39, 0.29) is 5.78 Å². The smallest absolute Gasteiger partial charge is 0.167 e. The number of aromatic nitrogens is 2. The van der Waals surface area contributed by atoms with Crippen molar-refractivity contribution in [2.45, 2.75) is 18.8 Å². The van der Waals surface area contributed by atoms with Crippen LogP contribution in [0, 0.1) is 9.49 Å². The standard InChI is InChI=1S/C21H20IN3O2/c1-24-9-8-13-11-17(26)19-20(18-3-2-10-27-18)23-25(21(19)16(13)12-24)15-6-4-14(22)5-7-15/h2-7,10,13,16H,8-9,11-12H2,1H3. The van der Waals surface area contributed by atoms with Crippen LogP contribution >= 0.6 is 22.6 Å². The van der Waals surface area contributed by atoms with Gasteiger partial charge in [0.15, 0.2) is 11.5 Å². The maximum absolute atomic E-state index is 13.1. The van der Waals surface area contributed by atoms with E-state index in [1.807, 2.05) is 16.8 Å². The van der Waals surface area contributed by atoms with Crippen LogP contribution in [0.4, 0.5) is 0 Å². The molecule has 2 aromatic heterocycles. The molecule has 0 amide bonds. The quantitative estimate of drug-likeness (QED) is 0.520. The molecule has 27 heavy (non-hydrogen) atoms. The first-order chi connectivity index (χ1) is 13.1. The highest BCUT2D eigenvalue weighted by Crippen LogP contribution is 2.44. The van der Waals surface area contributed by atoms with Crippen LogP contribution in [0.25, 0.3) is 17.1 Å². The Kier molecular flexibility index (Phi) is 4.20. The fraction of sp³-hybridized carbons (Fsp3) is 0.333. The summed E-state index contributed by atoms with van der Waals surface area (Å²) in [5, 5.41) is 4.88. The lowest BCUT2D eigenvalue weighted by atomic mass is 9.73. The van der Waals surface area contributed by atoms with E-state index in [4.69, 9.17) is 9.52 Å². The summed E-state index contributed by atoms with van der Waals surface area (Å²) in [6.07, 6.45) is 3.30. The van der Waals surface area contributed by atoms with Crippen molar-refractivity contribution in [3.63, 3.8) is 0 Å². The second-order valence-corrected chi connectivity index (χ2v) is 8.76. The predicted octanol–water partition coefficient (Wildman–Crippen LogP) is 4.36. The van der Waals surface area contributed by atoms with E-state index >= 15 is 0 Å². The van der Waals surface area contributed by atoms with Gasteiger partial charge in [0.1, 0.15) is 5.69 Å². The number of halogens is 1. The van der Waals surface area contributed by atoms with Crippen molar-refractivity contribution in [2.75, 3.05) is 20.1 Å². The van der Waals surface area contributed by atoms with Gasteiger partial charge in [-0.2, -0.15) is 5.10 Å². The monoisotopic (exact) mass is 473 g/mol. The van der Waals surface area contributed by atoms with Gasteiger partial charge in [0, 0.05) is 22.5 Å². The van der Waals surface area contributed by atoms with Crippen molar-refractivity contribution in [3.8, 4) is 17.1 Å². The van der Waals surface area contributed by atoms with E-state index in [1.165, 1.54) is 3.57 Å². The molecule has 0 radical (unpaired) electrons. The van der Waals surface area contributed by atoms with Gasteiger partial charge < -0.3 is 9.32 Å². The van der Waals surface area contributed by atoms with Crippen molar-refractivity contribution < 1.29 is 9.21 Å². The molecule has 0 saturated carbocycles. The Morgan fingerprint density at radius 1 is 1.22 bits per heavy atom. The molecule has 5 rings (SSSR count). The minimum Gasteiger partial charge on any atom is -0.463 e. The maximum atomic E-state index is 13.1. The fourth-order valence-corrected chi connectivity index (χ4v) is 4.83. The summed E-state index contributed by atoms with van der Waals surface area (Å²) in [4.78, 5) is 15.5. The number of benzene rings is 1. The van der Waals surface area contributed by atoms with Crippen LogP contribution in [0.1, 0.15) is 34.8 Å². The number of carbonyl (C=O) groups is 1. The van der Waals surface area contributed by atoms with Crippen molar-refractivity contribution >= 4 is 28.4 Å². The van der Waals surface area contributed by atoms with Gasteiger partial charge in [-0.05, 0) is 84.9 Å². The molecule has 3 aromatic rings. The first kappa shape index (κ1) is 17.2. The first-order valence-electron chi connectivity index (χ1n) is 9.26. The van der Waals surface area contributed by atoms with Crippen LogP contribution in [0.5, 0.6) is 0 Å². The molecule has 5 nitrogen and oxygen atoms in total. The largest absolute Gasteiger partial charge is 0.463 e. The number of hydrogen-bond donors (Lipinski definition) is 0. The highest BCUT2D eigenvalue weighted by molar-refractivity contribution is 14.1. The molecule has 2 unspecified atom stereocenters. The zero-order valence-corrected chi connectivity index (χ0v) is 17.2. The number of hydrogen-bond acceptors (Lipinski definition) is 4. The maximum Gasteiger partial charge on any atom is 0.167 e. The van der Waals surface area contributed by atoms with Gasteiger partial charge in [0.05, 0.1) is 23.2 Å². The third-order valence-corrected chi connectivity index (χ3v) is 6.50. The number of likely N-dealkylation sites (N-methyl/N-ethyl adjacent to an activating group) is 1. The van der Waals surface area contributed by atoms with Crippen LogP contribution < -0.4 is 0 Å². The third-order valence-electron chi connectivity index (χ3n) is 5.78. The Bertz CT molecular complexity index is 991. The van der Waals surface area contributed by atoms with Crippen molar-refractivity contribution in [1.82, 2.24) is 14.7 Å². The number of nitrogens with zero attached hydrogens (tertiary/aromatic N) is 3. The Labute approximate surface area is 171 Å². The summed E-state index contributed by atoms with van der Waals surface area (Å²) >= 11 is 2.30. The molecule has 0 bridgehead atoms. The molecule has 138 valence electrons. The predicted molar refractivity (Wildman–Crippen MR) is 111 cm³/mol. The Hall–Kier alpha value is -1.93. The van der Waals surface area contributed by atoms with Gasteiger partial charge in [0.2, 0.25) is 0 Å². The molecule has 0 N–H and O–H groups in total. The van der Waals surface area contributed by atoms with Crippen molar-refractivity contribution in [3.05, 3.63) is 57.5 Å². The summed E-state index contributed by atoms with van der Waals surface area (Å²) in [7, 11) is 2.16. The molecule has 1 aromatic carbocycles. The lowest BCUT2D eigenvalue weighted by Gasteiger charge is -2.39. The van der Waals surface area contributed by atoms with Crippen molar-refractivity contribution in [2.24, 2.45) is 5.92 Å². The van der Waals surface area contributed by atoms with Gasteiger partial charge in [-0.3, -0.25) is 4.79 Å². The fourth-order valence-electron chi connectivity index (χ4n) is 4.47. The first-order valence-corrected chi connectivity index (χ1v) is 10.3. The Morgan fingerprint density at radius 2 is 2.04 bits per heavy atom. The zero-order chi connectivity index (χ0) is 18.5. The van der Waals surface area contributed by atoms with Gasteiger partial charge in [-0.1, -0.05) is 0 Å². The lowest BCUT2D eigenvalue weighted by Crippen LogP contribution is -2.41. The molecule has 6 heteroatoms. The second kappa shape index (κ2) is 6.60. The number of furan rings is 1. The summed E-state index contributed by atoms with van der Waals surface area (Å²) < 4.78 is 8.78. The minimum absolute atomic E-state index is 0.193. The van der Waals surface area contributed by atoms with E-state index in [9.17, 15) is 4.79 Å². The molecule has 2 atom stereocenters. The second-order valence-electron chi connectivity index (χ2n) is 7.52. The van der Waals surface area contributed by atoms with Gasteiger partial charge in [-0.25, -0.2) is 4.68 Å². The van der Waals surface area contributed by atoms with E-state index in [0.29, 0.717) is 29.7 Å². The van der Waals surface area contributed by atoms with E-state index in [0.717, 1.165) is 36.5 Å². The molecule has 1 fully saturated rings. The lowest BCUT2D eigenvalue weighted by molar-refractivity contribution is 0.0883. The average Bonchev–Trinajstić information content (AvgIpc) is 3.31. The summed E-state index contributed by atoms with van der Waals surface area (Å²) in [5.41, 5.74) is 3.46. The third kappa shape index (κ3) is 2.86. The van der Waals surface area contributed by atoms with E-state index in [2.05, 4.69) is 58.8 Å². The molecule has 3 heterocycles. The minimum atomic E-state index is 0.193. The normalized spacial score (nSPS) is 22.5. The number of fused-ring (bicyclic) bond motifs is 3. The molecule has 1 aliphatic carbocycles. The van der Waals surface area contributed by atoms with Crippen LogP contribution in [0.3, 0.4) is 0 Å². The number of Topliss-reactive ketones (excluding diaryl/α,β-unsaturated/α-hetero) is 1. The number of likely N-dealkylation sites (tertiary alicyclic amines) is 1. The van der Waals surface area contributed by atoms with Crippen LogP contribution in [-0.4, -0.2) is 40.6 Å². The molecule has 1 aliphatic heterocycles. The SMILES string of the molecule is CN1CCC2CC(=O)c3c(-c4ccco4)nn(-c4ccc(I)cc4)c3C2C1. The summed E-state index contributed by atoms with van der Waals surface area (Å²) in [5.74, 6) is 1.56. The molecular formula is C21H20IN3O2. The van der Waals surface area contributed by atoms with Crippen LogP contribution in [-0.2, 0) is 0 Å². The topological polar surface area (TPSA) is 51.3 Å². The highest BCUT2D eigenvalue weighted by Gasteiger charge is 2.42. The van der Waals surface area contributed by atoms with E-state index < -0.39 is 0 Å². The number of ketones is 1.